The molecule has 0 amide bonds. The molecule has 2 heterocycles. The Labute approximate surface area is 118 Å². The number of carbonyl (C=O) groups excluding carboxylic acids is 1. The highest BCUT2D eigenvalue weighted by molar-refractivity contribution is 7.13. The average Bonchev–Trinajstić information content (AvgIpc) is 2.95. The van der Waals surface area contributed by atoms with Gasteiger partial charge in [-0.2, -0.15) is 0 Å². The van der Waals surface area contributed by atoms with Crippen LogP contribution in [0.15, 0.2) is 23.6 Å². The predicted molar refractivity (Wildman–Crippen MR) is 80.7 cm³/mol. The quantitative estimate of drug-likeness (QED) is 0.638. The van der Waals surface area contributed by atoms with E-state index in [1.54, 1.807) is 11.3 Å². The molecule has 0 atom stereocenters. The smallest absolute Gasteiger partial charge is 0.166 e. The van der Waals surface area contributed by atoms with Crippen LogP contribution in [-0.2, 0) is 6.42 Å². The molecule has 0 unspecified atom stereocenters. The SMILES string of the molecule is C[N+](C)(C)CCCc1cc(-c2cccs2)[nH]c1C=O. The Morgan fingerprint density at radius 3 is 2.74 bits per heavy atom. The lowest BCUT2D eigenvalue weighted by Gasteiger charge is -2.23. The van der Waals surface area contributed by atoms with Crippen LogP contribution in [-0.4, -0.2) is 43.4 Å². The number of hydrogen-bond donors (Lipinski definition) is 1. The van der Waals surface area contributed by atoms with E-state index < -0.39 is 0 Å². The van der Waals surface area contributed by atoms with E-state index in [9.17, 15) is 4.79 Å². The summed E-state index contributed by atoms with van der Waals surface area (Å²) in [4.78, 5) is 15.5. The molecule has 1 N–H and O–H groups in total. The number of H-pyrrole nitrogens is 1. The molecule has 2 rings (SSSR count). The van der Waals surface area contributed by atoms with Gasteiger partial charge in [-0.3, -0.25) is 4.79 Å². The first-order chi connectivity index (χ1) is 8.99. The molecular weight excluding hydrogens is 256 g/mol. The number of aromatic nitrogens is 1. The third kappa shape index (κ3) is 3.78. The number of hydrogen-bond acceptors (Lipinski definition) is 2. The zero-order valence-electron chi connectivity index (χ0n) is 11.8. The minimum Gasteiger partial charge on any atom is -0.351 e. The summed E-state index contributed by atoms with van der Waals surface area (Å²) in [6, 6.07) is 6.21. The van der Waals surface area contributed by atoms with Crippen molar-refractivity contribution in [2.45, 2.75) is 12.8 Å². The van der Waals surface area contributed by atoms with Gasteiger partial charge in [-0.05, 0) is 29.5 Å². The van der Waals surface area contributed by atoms with E-state index in [2.05, 4.69) is 38.3 Å². The van der Waals surface area contributed by atoms with Crippen molar-refractivity contribution in [2.75, 3.05) is 27.7 Å². The Bertz CT molecular complexity index is 535. The fraction of sp³-hybridized carbons (Fsp3) is 0.400. The number of quaternary nitrogens is 1. The number of carbonyl (C=O) groups is 1. The van der Waals surface area contributed by atoms with Crippen molar-refractivity contribution >= 4 is 17.6 Å². The highest BCUT2D eigenvalue weighted by Crippen LogP contribution is 2.26. The van der Waals surface area contributed by atoms with Crippen molar-refractivity contribution in [3.05, 3.63) is 34.8 Å². The molecule has 2 aromatic heterocycles. The predicted octanol–water partition coefficient (Wildman–Crippen LogP) is 3.19. The van der Waals surface area contributed by atoms with Gasteiger partial charge in [0.25, 0.3) is 0 Å². The zero-order chi connectivity index (χ0) is 13.9. The summed E-state index contributed by atoms with van der Waals surface area (Å²) in [6.07, 6.45) is 2.97. The number of aldehydes is 1. The van der Waals surface area contributed by atoms with Crippen molar-refractivity contribution < 1.29 is 9.28 Å². The molecule has 0 aliphatic rings. The Morgan fingerprint density at radius 2 is 2.16 bits per heavy atom. The number of aryl methyl sites for hydroxylation is 1. The van der Waals surface area contributed by atoms with Gasteiger partial charge in [0.15, 0.2) is 6.29 Å². The summed E-state index contributed by atoms with van der Waals surface area (Å²) in [7, 11) is 6.57. The van der Waals surface area contributed by atoms with E-state index in [4.69, 9.17) is 0 Å². The molecule has 102 valence electrons. The summed E-state index contributed by atoms with van der Waals surface area (Å²) >= 11 is 1.69. The van der Waals surface area contributed by atoms with Crippen LogP contribution in [0.3, 0.4) is 0 Å². The van der Waals surface area contributed by atoms with Gasteiger partial charge in [0.05, 0.1) is 44.0 Å². The van der Waals surface area contributed by atoms with Crippen molar-refractivity contribution in [1.82, 2.24) is 4.98 Å². The van der Waals surface area contributed by atoms with E-state index >= 15 is 0 Å². The Kier molecular flexibility index (Phi) is 4.22. The molecule has 2 aromatic rings. The zero-order valence-corrected chi connectivity index (χ0v) is 12.6. The maximum Gasteiger partial charge on any atom is 0.166 e. The average molecular weight is 277 g/mol. The van der Waals surface area contributed by atoms with Crippen molar-refractivity contribution in [2.24, 2.45) is 0 Å². The highest BCUT2D eigenvalue weighted by Gasteiger charge is 2.12. The number of aromatic amines is 1. The number of nitrogens with one attached hydrogen (secondary N) is 1. The molecule has 19 heavy (non-hydrogen) atoms. The van der Waals surface area contributed by atoms with Gasteiger partial charge in [-0.1, -0.05) is 6.07 Å². The first-order valence-electron chi connectivity index (χ1n) is 6.51. The maximum absolute atomic E-state index is 11.1. The molecule has 0 aliphatic heterocycles. The standard InChI is InChI=1S/C15H20N2OS/c1-17(2,3)8-4-6-12-10-13(16-14(12)11-18)15-7-5-9-19-15/h5,7,9-11H,4,6,8H2,1-3H3/p+1. The van der Waals surface area contributed by atoms with E-state index in [0.29, 0.717) is 0 Å². The van der Waals surface area contributed by atoms with Crippen LogP contribution < -0.4 is 0 Å². The number of nitrogens with zero attached hydrogens (tertiary/aromatic N) is 1. The van der Waals surface area contributed by atoms with Crippen LogP contribution in [0, 0.1) is 0 Å². The molecule has 0 aromatic carbocycles. The number of thiophene rings is 1. The third-order valence-electron chi connectivity index (χ3n) is 3.11. The molecule has 4 heteroatoms. The summed E-state index contributed by atoms with van der Waals surface area (Å²) in [6.45, 7) is 1.11. The molecule has 0 spiro atoms. The molecule has 0 saturated carbocycles. The molecule has 0 fully saturated rings. The molecular formula is C15H21N2OS+. The second-order valence-electron chi connectivity index (χ2n) is 5.83. The van der Waals surface area contributed by atoms with Crippen molar-refractivity contribution in [3.63, 3.8) is 0 Å². The van der Waals surface area contributed by atoms with Gasteiger partial charge in [-0.25, -0.2) is 0 Å². The first kappa shape index (κ1) is 14.0. The summed E-state index contributed by atoms with van der Waals surface area (Å²) in [5, 5.41) is 2.05. The number of rotatable bonds is 6. The second-order valence-corrected chi connectivity index (χ2v) is 6.78. The summed E-state index contributed by atoms with van der Waals surface area (Å²) in [5.41, 5.74) is 2.91. The van der Waals surface area contributed by atoms with E-state index in [-0.39, 0.29) is 0 Å². The summed E-state index contributed by atoms with van der Waals surface area (Å²) in [5.74, 6) is 0. The second kappa shape index (κ2) is 5.72. The Balaban J connectivity index is 2.10. The Hall–Kier alpha value is -1.39. The fourth-order valence-corrected chi connectivity index (χ4v) is 2.83. The molecule has 3 nitrogen and oxygen atoms in total. The van der Waals surface area contributed by atoms with Gasteiger partial charge >= 0.3 is 0 Å². The normalized spacial score (nSPS) is 11.7. The minimum atomic E-state index is 0.727. The first-order valence-corrected chi connectivity index (χ1v) is 7.39. The summed E-state index contributed by atoms with van der Waals surface area (Å²) < 4.78 is 0.957. The lowest BCUT2D eigenvalue weighted by atomic mass is 10.1. The van der Waals surface area contributed by atoms with Crippen LogP contribution in [0.1, 0.15) is 22.5 Å². The fourth-order valence-electron chi connectivity index (χ4n) is 2.13. The Morgan fingerprint density at radius 1 is 1.37 bits per heavy atom. The van der Waals surface area contributed by atoms with Crippen LogP contribution in [0.2, 0.25) is 0 Å². The van der Waals surface area contributed by atoms with Crippen LogP contribution >= 0.6 is 11.3 Å². The van der Waals surface area contributed by atoms with Crippen LogP contribution in [0.4, 0.5) is 0 Å². The van der Waals surface area contributed by atoms with Gasteiger partial charge in [-0.15, -0.1) is 11.3 Å². The van der Waals surface area contributed by atoms with Crippen LogP contribution in [0.5, 0.6) is 0 Å². The molecule has 0 radical (unpaired) electrons. The van der Waals surface area contributed by atoms with E-state index in [1.807, 2.05) is 11.4 Å². The van der Waals surface area contributed by atoms with Gasteiger partial charge < -0.3 is 9.47 Å². The lowest BCUT2D eigenvalue weighted by molar-refractivity contribution is -0.870. The topological polar surface area (TPSA) is 32.9 Å². The minimum absolute atomic E-state index is 0.727. The molecule has 0 bridgehead atoms. The molecule has 0 aliphatic carbocycles. The van der Waals surface area contributed by atoms with Crippen molar-refractivity contribution in [1.29, 1.82) is 0 Å². The largest absolute Gasteiger partial charge is 0.351 e. The molecule has 0 saturated heterocycles. The van der Waals surface area contributed by atoms with Gasteiger partial charge in [0.1, 0.15) is 0 Å². The maximum atomic E-state index is 11.1. The monoisotopic (exact) mass is 277 g/mol. The van der Waals surface area contributed by atoms with E-state index in [0.717, 1.165) is 47.1 Å². The van der Waals surface area contributed by atoms with Gasteiger partial charge in [0.2, 0.25) is 0 Å². The van der Waals surface area contributed by atoms with Crippen molar-refractivity contribution in [3.8, 4) is 10.6 Å². The lowest BCUT2D eigenvalue weighted by Crippen LogP contribution is -2.35. The third-order valence-corrected chi connectivity index (χ3v) is 4.02. The van der Waals surface area contributed by atoms with Gasteiger partial charge in [0, 0.05) is 6.42 Å². The highest BCUT2D eigenvalue weighted by atomic mass is 32.1. The van der Waals surface area contributed by atoms with E-state index in [1.165, 1.54) is 4.88 Å². The van der Waals surface area contributed by atoms with Crippen LogP contribution in [0.25, 0.3) is 10.6 Å².